The highest BCUT2D eigenvalue weighted by Crippen LogP contribution is 2.58. The molecule has 0 aliphatic rings. The molecule has 1 aromatic rings. The number of hydrogen-bond donors (Lipinski definition) is 3. The maximum Gasteiger partial charge on any atom is 0.283 e. The molecule has 84 valence electrons. The molecule has 5 heteroatoms. The van der Waals surface area contributed by atoms with E-state index in [2.05, 4.69) is 39.5 Å². The van der Waals surface area contributed by atoms with Crippen LogP contribution in [0.4, 0.5) is 0 Å². The summed E-state index contributed by atoms with van der Waals surface area (Å²) < 4.78 is 0. The molecule has 0 unspecified atom stereocenters. The lowest BCUT2D eigenvalue weighted by Crippen LogP contribution is -2.29. The smallest absolute Gasteiger partial charge is 0.155 e. The molecule has 0 bridgehead atoms. The SMILES string of the molecule is CN[P+](NC)(NC)SCc1ccccc1. The summed E-state index contributed by atoms with van der Waals surface area (Å²) in [5, 5.41) is 10.0. The molecular formula is C10H19N3PS+. The third-order valence-electron chi connectivity index (χ3n) is 2.21. The average molecular weight is 244 g/mol. The van der Waals surface area contributed by atoms with E-state index in [1.165, 1.54) is 5.56 Å². The van der Waals surface area contributed by atoms with Crippen molar-refractivity contribution in [1.29, 1.82) is 0 Å². The molecule has 0 saturated heterocycles. The van der Waals surface area contributed by atoms with Crippen molar-refractivity contribution in [3.63, 3.8) is 0 Å². The van der Waals surface area contributed by atoms with Gasteiger partial charge in [-0.15, -0.1) is 0 Å². The van der Waals surface area contributed by atoms with E-state index in [-0.39, 0.29) is 0 Å². The summed E-state index contributed by atoms with van der Waals surface area (Å²) in [5.74, 6) is 1.01. The summed E-state index contributed by atoms with van der Waals surface area (Å²) in [6.07, 6.45) is 0. The third-order valence-corrected chi connectivity index (χ3v) is 8.14. The first-order chi connectivity index (χ1) is 7.26. The van der Waals surface area contributed by atoms with E-state index >= 15 is 0 Å². The Bertz CT molecular complexity index is 269. The quantitative estimate of drug-likeness (QED) is 0.671. The molecule has 15 heavy (non-hydrogen) atoms. The van der Waals surface area contributed by atoms with Gasteiger partial charge in [-0.2, -0.15) is 15.3 Å². The van der Waals surface area contributed by atoms with Gasteiger partial charge in [-0.05, 0) is 5.56 Å². The molecule has 0 amide bonds. The topological polar surface area (TPSA) is 36.1 Å². The molecule has 0 saturated carbocycles. The van der Waals surface area contributed by atoms with Gasteiger partial charge in [-0.3, -0.25) is 0 Å². The second-order valence-electron chi connectivity index (χ2n) is 3.04. The van der Waals surface area contributed by atoms with E-state index in [0.29, 0.717) is 0 Å². The van der Waals surface area contributed by atoms with E-state index in [1.807, 2.05) is 38.6 Å². The zero-order valence-electron chi connectivity index (χ0n) is 9.45. The number of nitrogens with one attached hydrogen (secondary N) is 3. The lowest BCUT2D eigenvalue weighted by Gasteiger charge is -2.20. The van der Waals surface area contributed by atoms with Gasteiger partial charge in [0.2, 0.25) is 0 Å². The molecule has 0 fully saturated rings. The lowest BCUT2D eigenvalue weighted by atomic mass is 10.2. The zero-order chi connectivity index (χ0) is 11.1. The van der Waals surface area contributed by atoms with Gasteiger partial charge in [-0.1, -0.05) is 30.3 Å². The van der Waals surface area contributed by atoms with Crippen molar-refractivity contribution >= 4 is 18.3 Å². The van der Waals surface area contributed by atoms with Gasteiger partial charge >= 0.3 is 0 Å². The fourth-order valence-corrected chi connectivity index (χ4v) is 5.06. The van der Waals surface area contributed by atoms with Crippen molar-refractivity contribution in [3.8, 4) is 0 Å². The molecule has 0 atom stereocenters. The van der Waals surface area contributed by atoms with Crippen LogP contribution in [0.5, 0.6) is 0 Å². The van der Waals surface area contributed by atoms with Crippen molar-refractivity contribution in [2.75, 3.05) is 21.1 Å². The lowest BCUT2D eigenvalue weighted by molar-refractivity contribution is 1.06. The van der Waals surface area contributed by atoms with Crippen LogP contribution in [0, 0.1) is 0 Å². The first-order valence-electron chi connectivity index (χ1n) is 4.91. The predicted molar refractivity (Wildman–Crippen MR) is 71.8 cm³/mol. The summed E-state index contributed by atoms with van der Waals surface area (Å²) in [4.78, 5) is 0. The monoisotopic (exact) mass is 244 g/mol. The summed E-state index contributed by atoms with van der Waals surface area (Å²) in [5.41, 5.74) is 1.35. The second-order valence-corrected chi connectivity index (χ2v) is 8.56. The average Bonchev–Trinajstić information content (AvgIpc) is 2.33. The van der Waals surface area contributed by atoms with E-state index < -0.39 is 6.92 Å². The minimum atomic E-state index is -1.44. The minimum Gasteiger partial charge on any atom is -0.155 e. The van der Waals surface area contributed by atoms with E-state index in [0.717, 1.165) is 5.75 Å². The van der Waals surface area contributed by atoms with Crippen LogP contribution in [-0.4, -0.2) is 21.1 Å². The highest BCUT2D eigenvalue weighted by molar-refractivity contribution is 8.60. The minimum absolute atomic E-state index is 1.01. The van der Waals surface area contributed by atoms with Gasteiger partial charge in [0.15, 0.2) is 0 Å². The molecule has 3 N–H and O–H groups in total. The Hall–Kier alpha value is -0.120. The molecule has 3 nitrogen and oxygen atoms in total. The van der Waals surface area contributed by atoms with Crippen LogP contribution >= 0.6 is 18.3 Å². The number of rotatable bonds is 6. The first kappa shape index (κ1) is 12.9. The molecule has 1 rings (SSSR count). The van der Waals surface area contributed by atoms with Gasteiger partial charge in [0, 0.05) is 21.1 Å². The summed E-state index contributed by atoms with van der Waals surface area (Å²) in [6.45, 7) is -1.44. The summed E-state index contributed by atoms with van der Waals surface area (Å²) >= 11 is 1.90. The normalized spacial score (nSPS) is 11.7. The molecule has 0 spiro atoms. The maximum absolute atomic E-state index is 3.34. The fourth-order valence-electron chi connectivity index (χ4n) is 1.27. The standard InChI is InChI=1S/C10H19N3PS/c1-11-14(12-2,13-3)15-9-10-7-5-4-6-8-10/h4-8,11-13H,9H2,1-3H3/q+1. The van der Waals surface area contributed by atoms with Crippen LogP contribution in [0.25, 0.3) is 0 Å². The van der Waals surface area contributed by atoms with E-state index in [9.17, 15) is 0 Å². The molecule has 0 radical (unpaired) electrons. The Labute approximate surface area is 96.7 Å². The Balaban J connectivity index is 2.54. The van der Waals surface area contributed by atoms with Crippen LogP contribution < -0.4 is 15.3 Å². The third kappa shape index (κ3) is 3.74. The second kappa shape index (κ2) is 6.46. The molecule has 0 aromatic heterocycles. The maximum atomic E-state index is 3.34. The van der Waals surface area contributed by atoms with Gasteiger partial charge in [0.25, 0.3) is 6.92 Å². The van der Waals surface area contributed by atoms with Crippen molar-refractivity contribution in [1.82, 2.24) is 15.3 Å². The van der Waals surface area contributed by atoms with Crippen molar-refractivity contribution < 1.29 is 0 Å². The Morgan fingerprint density at radius 3 is 2.00 bits per heavy atom. The van der Waals surface area contributed by atoms with Crippen LogP contribution in [0.3, 0.4) is 0 Å². The van der Waals surface area contributed by atoms with Crippen LogP contribution in [0.1, 0.15) is 5.56 Å². The van der Waals surface area contributed by atoms with Crippen LogP contribution in [-0.2, 0) is 5.75 Å². The van der Waals surface area contributed by atoms with Crippen LogP contribution in [0.2, 0.25) is 0 Å². The highest BCUT2D eigenvalue weighted by Gasteiger charge is 2.34. The van der Waals surface area contributed by atoms with E-state index in [1.54, 1.807) is 0 Å². The van der Waals surface area contributed by atoms with Gasteiger partial charge in [0.1, 0.15) is 0 Å². The van der Waals surface area contributed by atoms with Gasteiger partial charge in [-0.25, -0.2) is 0 Å². The first-order valence-corrected chi connectivity index (χ1v) is 8.29. The van der Waals surface area contributed by atoms with Gasteiger partial charge in [0.05, 0.1) is 17.1 Å². The highest BCUT2D eigenvalue weighted by atomic mass is 32.7. The summed E-state index contributed by atoms with van der Waals surface area (Å²) in [6, 6.07) is 10.5. The zero-order valence-corrected chi connectivity index (χ0v) is 11.2. The molecular weight excluding hydrogens is 225 g/mol. The molecule has 0 aliphatic heterocycles. The Morgan fingerprint density at radius 2 is 1.53 bits per heavy atom. The van der Waals surface area contributed by atoms with Crippen molar-refractivity contribution in [2.24, 2.45) is 0 Å². The molecule has 1 aromatic carbocycles. The fraction of sp³-hybridized carbons (Fsp3) is 0.400. The number of benzene rings is 1. The van der Waals surface area contributed by atoms with Gasteiger partial charge < -0.3 is 0 Å². The van der Waals surface area contributed by atoms with Crippen LogP contribution in [0.15, 0.2) is 30.3 Å². The van der Waals surface area contributed by atoms with E-state index in [4.69, 9.17) is 0 Å². The molecule has 0 aliphatic carbocycles. The van der Waals surface area contributed by atoms with Crippen molar-refractivity contribution in [3.05, 3.63) is 35.9 Å². The summed E-state index contributed by atoms with van der Waals surface area (Å²) in [7, 11) is 5.95. The predicted octanol–water partition coefficient (Wildman–Crippen LogP) is 2.26. The molecule has 0 heterocycles. The Kier molecular flexibility index (Phi) is 5.58. The Morgan fingerprint density at radius 1 is 1.00 bits per heavy atom. The van der Waals surface area contributed by atoms with Crippen molar-refractivity contribution in [2.45, 2.75) is 5.75 Å². The number of hydrogen-bond acceptors (Lipinski definition) is 4. The largest absolute Gasteiger partial charge is 0.283 e.